The van der Waals surface area contributed by atoms with Crippen LogP contribution < -0.4 is 4.74 Å². The standard InChI is InChI=1S/C16H17NO3/c1-3-20-16(18)15-9-6-13(11-17-15)10-12-4-7-14(19-2)8-5-12/h4-9,11H,3,10H2,1-2H3. The average Bonchev–Trinajstić information content (AvgIpc) is 2.49. The van der Waals surface area contributed by atoms with Gasteiger partial charge in [0.1, 0.15) is 11.4 Å². The molecule has 1 aromatic carbocycles. The Labute approximate surface area is 118 Å². The number of esters is 1. The molecule has 0 aliphatic rings. The SMILES string of the molecule is CCOC(=O)c1ccc(Cc2ccc(OC)cc2)cn1. The summed E-state index contributed by atoms with van der Waals surface area (Å²) in [6.45, 7) is 2.13. The van der Waals surface area contributed by atoms with Crippen LogP contribution in [-0.4, -0.2) is 24.7 Å². The first kappa shape index (κ1) is 14.1. The number of carbonyl (C=O) groups is 1. The summed E-state index contributed by atoms with van der Waals surface area (Å²) in [5, 5.41) is 0. The van der Waals surface area contributed by atoms with E-state index in [1.54, 1.807) is 26.3 Å². The van der Waals surface area contributed by atoms with Gasteiger partial charge in [-0.2, -0.15) is 0 Å². The summed E-state index contributed by atoms with van der Waals surface area (Å²) in [5.74, 6) is 0.452. The predicted octanol–water partition coefficient (Wildman–Crippen LogP) is 2.86. The number of hydrogen-bond donors (Lipinski definition) is 0. The van der Waals surface area contributed by atoms with E-state index < -0.39 is 0 Å². The second-order valence-corrected chi connectivity index (χ2v) is 4.30. The van der Waals surface area contributed by atoms with Gasteiger partial charge in [-0.3, -0.25) is 0 Å². The van der Waals surface area contributed by atoms with E-state index in [0.29, 0.717) is 12.3 Å². The van der Waals surface area contributed by atoms with Crippen LogP contribution in [-0.2, 0) is 11.2 Å². The first-order valence-corrected chi connectivity index (χ1v) is 6.48. The highest BCUT2D eigenvalue weighted by Gasteiger charge is 2.07. The van der Waals surface area contributed by atoms with E-state index in [0.717, 1.165) is 23.3 Å². The molecule has 0 N–H and O–H groups in total. The van der Waals surface area contributed by atoms with Crippen LogP contribution >= 0.6 is 0 Å². The van der Waals surface area contributed by atoms with Crippen molar-refractivity contribution in [3.8, 4) is 5.75 Å². The van der Waals surface area contributed by atoms with Gasteiger partial charge >= 0.3 is 5.97 Å². The van der Waals surface area contributed by atoms with Crippen LogP contribution in [0, 0.1) is 0 Å². The van der Waals surface area contributed by atoms with Crippen LogP contribution in [0.3, 0.4) is 0 Å². The molecule has 0 bridgehead atoms. The Morgan fingerprint density at radius 1 is 1.10 bits per heavy atom. The van der Waals surface area contributed by atoms with Crippen molar-refractivity contribution in [2.45, 2.75) is 13.3 Å². The van der Waals surface area contributed by atoms with Gasteiger partial charge in [-0.25, -0.2) is 9.78 Å². The highest BCUT2D eigenvalue weighted by molar-refractivity contribution is 5.87. The lowest BCUT2D eigenvalue weighted by atomic mass is 10.1. The van der Waals surface area contributed by atoms with E-state index in [9.17, 15) is 4.79 Å². The largest absolute Gasteiger partial charge is 0.497 e. The number of rotatable bonds is 5. The molecule has 0 fully saturated rings. The zero-order valence-electron chi connectivity index (χ0n) is 11.6. The summed E-state index contributed by atoms with van der Waals surface area (Å²) in [4.78, 5) is 15.6. The molecule has 0 aliphatic heterocycles. The number of hydrogen-bond acceptors (Lipinski definition) is 4. The van der Waals surface area contributed by atoms with E-state index >= 15 is 0 Å². The van der Waals surface area contributed by atoms with Crippen molar-refractivity contribution in [2.24, 2.45) is 0 Å². The first-order chi connectivity index (χ1) is 9.72. The molecule has 0 spiro atoms. The van der Waals surface area contributed by atoms with Gasteiger partial charge in [0, 0.05) is 6.20 Å². The number of methoxy groups -OCH3 is 1. The predicted molar refractivity (Wildman–Crippen MR) is 76.0 cm³/mol. The highest BCUT2D eigenvalue weighted by atomic mass is 16.5. The fourth-order valence-electron chi connectivity index (χ4n) is 1.83. The quantitative estimate of drug-likeness (QED) is 0.785. The Bertz CT molecular complexity index is 561. The van der Waals surface area contributed by atoms with Crippen LogP contribution in [0.15, 0.2) is 42.6 Å². The summed E-state index contributed by atoms with van der Waals surface area (Å²) in [6, 6.07) is 11.5. The summed E-state index contributed by atoms with van der Waals surface area (Å²) >= 11 is 0. The lowest BCUT2D eigenvalue weighted by Crippen LogP contribution is -2.07. The molecule has 1 heterocycles. The average molecular weight is 271 g/mol. The monoisotopic (exact) mass is 271 g/mol. The Kier molecular flexibility index (Phi) is 4.71. The zero-order chi connectivity index (χ0) is 14.4. The lowest BCUT2D eigenvalue weighted by molar-refractivity contribution is 0.0519. The van der Waals surface area contributed by atoms with Crippen LogP contribution in [0.2, 0.25) is 0 Å². The Hall–Kier alpha value is -2.36. The minimum absolute atomic E-state index is 0.338. The molecular weight excluding hydrogens is 254 g/mol. The van der Waals surface area contributed by atoms with Crippen molar-refractivity contribution in [1.29, 1.82) is 0 Å². The molecule has 0 atom stereocenters. The fraction of sp³-hybridized carbons (Fsp3) is 0.250. The second-order valence-electron chi connectivity index (χ2n) is 4.30. The summed E-state index contributed by atoms with van der Waals surface area (Å²) in [5.41, 5.74) is 2.55. The van der Waals surface area contributed by atoms with Crippen molar-refractivity contribution < 1.29 is 14.3 Å². The van der Waals surface area contributed by atoms with Crippen molar-refractivity contribution in [2.75, 3.05) is 13.7 Å². The van der Waals surface area contributed by atoms with Crippen molar-refractivity contribution in [3.63, 3.8) is 0 Å². The maximum Gasteiger partial charge on any atom is 0.356 e. The van der Waals surface area contributed by atoms with E-state index in [2.05, 4.69) is 4.98 Å². The van der Waals surface area contributed by atoms with Crippen LogP contribution in [0.25, 0.3) is 0 Å². The Balaban J connectivity index is 2.04. The minimum atomic E-state index is -0.386. The van der Waals surface area contributed by atoms with Gasteiger partial charge in [0.15, 0.2) is 0 Å². The molecule has 4 nitrogen and oxygen atoms in total. The van der Waals surface area contributed by atoms with Crippen molar-refractivity contribution in [3.05, 3.63) is 59.4 Å². The van der Waals surface area contributed by atoms with Crippen molar-refractivity contribution in [1.82, 2.24) is 4.98 Å². The summed E-state index contributed by atoms with van der Waals surface area (Å²) in [7, 11) is 1.65. The summed E-state index contributed by atoms with van der Waals surface area (Å²) in [6.07, 6.45) is 2.47. The Morgan fingerprint density at radius 2 is 1.80 bits per heavy atom. The minimum Gasteiger partial charge on any atom is -0.497 e. The molecule has 0 saturated heterocycles. The fourth-order valence-corrected chi connectivity index (χ4v) is 1.83. The van der Waals surface area contributed by atoms with Gasteiger partial charge in [-0.05, 0) is 42.7 Å². The van der Waals surface area contributed by atoms with Gasteiger partial charge in [0.2, 0.25) is 0 Å². The van der Waals surface area contributed by atoms with E-state index in [1.807, 2.05) is 30.3 Å². The summed E-state index contributed by atoms with van der Waals surface area (Å²) < 4.78 is 10.0. The van der Waals surface area contributed by atoms with Gasteiger partial charge in [-0.15, -0.1) is 0 Å². The molecule has 0 saturated carbocycles. The second kappa shape index (κ2) is 6.70. The van der Waals surface area contributed by atoms with Crippen LogP contribution in [0.4, 0.5) is 0 Å². The van der Waals surface area contributed by atoms with Crippen LogP contribution in [0.5, 0.6) is 5.75 Å². The number of carbonyl (C=O) groups excluding carboxylic acids is 1. The molecule has 0 radical (unpaired) electrons. The lowest BCUT2D eigenvalue weighted by Gasteiger charge is -2.05. The number of ether oxygens (including phenoxy) is 2. The van der Waals surface area contributed by atoms with Gasteiger partial charge < -0.3 is 9.47 Å². The molecule has 20 heavy (non-hydrogen) atoms. The number of aromatic nitrogens is 1. The molecule has 104 valence electrons. The number of benzene rings is 1. The number of nitrogens with zero attached hydrogens (tertiary/aromatic N) is 1. The number of pyridine rings is 1. The molecule has 0 aliphatic carbocycles. The highest BCUT2D eigenvalue weighted by Crippen LogP contribution is 2.14. The zero-order valence-corrected chi connectivity index (χ0v) is 11.6. The third kappa shape index (κ3) is 3.57. The topological polar surface area (TPSA) is 48.4 Å². The molecule has 2 aromatic rings. The molecular formula is C16H17NO3. The maximum absolute atomic E-state index is 11.5. The van der Waals surface area contributed by atoms with Gasteiger partial charge in [-0.1, -0.05) is 18.2 Å². The van der Waals surface area contributed by atoms with E-state index in [-0.39, 0.29) is 5.97 Å². The molecule has 4 heteroatoms. The van der Waals surface area contributed by atoms with Crippen molar-refractivity contribution >= 4 is 5.97 Å². The first-order valence-electron chi connectivity index (χ1n) is 6.48. The third-order valence-corrected chi connectivity index (χ3v) is 2.88. The normalized spacial score (nSPS) is 10.1. The third-order valence-electron chi connectivity index (χ3n) is 2.88. The smallest absolute Gasteiger partial charge is 0.356 e. The van der Waals surface area contributed by atoms with Gasteiger partial charge in [0.25, 0.3) is 0 Å². The molecule has 0 amide bonds. The molecule has 0 unspecified atom stereocenters. The Morgan fingerprint density at radius 3 is 2.35 bits per heavy atom. The van der Waals surface area contributed by atoms with Gasteiger partial charge in [0.05, 0.1) is 13.7 Å². The maximum atomic E-state index is 11.5. The van der Waals surface area contributed by atoms with E-state index in [1.165, 1.54) is 0 Å². The van der Waals surface area contributed by atoms with Crippen LogP contribution in [0.1, 0.15) is 28.5 Å². The molecule has 1 aromatic heterocycles. The van der Waals surface area contributed by atoms with E-state index in [4.69, 9.17) is 9.47 Å². The molecule has 2 rings (SSSR count).